The summed E-state index contributed by atoms with van der Waals surface area (Å²) in [7, 11) is 0. The molecule has 0 aromatic heterocycles. The predicted molar refractivity (Wildman–Crippen MR) is 86.6 cm³/mol. The number of carbonyl (C=O) groups excluding carboxylic acids is 2. The first kappa shape index (κ1) is 16.3. The molecule has 8 heteroatoms. The molecule has 2 aromatic carbocycles. The molecule has 3 rings (SSSR count). The van der Waals surface area contributed by atoms with Crippen LogP contribution in [-0.4, -0.2) is 21.8 Å². The molecule has 0 aliphatic carbocycles. The molecule has 0 spiro atoms. The minimum atomic E-state index is -0.651. The molecule has 3 amide bonds. The van der Waals surface area contributed by atoms with Crippen molar-refractivity contribution in [2.45, 2.75) is 6.54 Å². The number of hydrogen-bond donors (Lipinski definition) is 1. The Morgan fingerprint density at radius 2 is 1.80 bits per heavy atom. The highest BCUT2D eigenvalue weighted by atomic mass is 19.1. The molecule has 0 saturated carbocycles. The average Bonchev–Trinajstić information content (AvgIpc) is 2.85. The summed E-state index contributed by atoms with van der Waals surface area (Å²) < 4.78 is 13.7. The highest BCUT2D eigenvalue weighted by Gasteiger charge is 2.33. The molecule has 1 saturated heterocycles. The minimum Gasteiger partial charge on any atom is -0.303 e. The Bertz CT molecular complexity index is 893. The number of rotatable bonds is 4. The first-order valence-corrected chi connectivity index (χ1v) is 7.28. The van der Waals surface area contributed by atoms with Gasteiger partial charge in [-0.1, -0.05) is 18.2 Å². The van der Waals surface area contributed by atoms with Crippen LogP contribution in [0.4, 0.5) is 14.9 Å². The predicted octanol–water partition coefficient (Wildman–Crippen LogP) is 2.83. The Morgan fingerprint density at radius 1 is 1.12 bits per heavy atom. The second-order valence-corrected chi connectivity index (χ2v) is 5.32. The second kappa shape index (κ2) is 6.52. The van der Waals surface area contributed by atoms with Crippen molar-refractivity contribution >= 4 is 23.7 Å². The number of hydrogen-bond acceptors (Lipinski definition) is 4. The number of amides is 3. The Kier molecular flexibility index (Phi) is 4.25. The number of nitrogens with one attached hydrogen (secondary N) is 1. The van der Waals surface area contributed by atoms with E-state index in [1.165, 1.54) is 48.5 Å². The van der Waals surface area contributed by atoms with E-state index in [2.05, 4.69) is 5.32 Å². The monoisotopic (exact) mass is 341 g/mol. The molecule has 1 aliphatic rings. The highest BCUT2D eigenvalue weighted by molar-refractivity contribution is 6.13. The maximum absolute atomic E-state index is 13.7. The molecule has 1 fully saturated rings. The maximum atomic E-state index is 13.7. The zero-order chi connectivity index (χ0) is 18.0. The summed E-state index contributed by atoms with van der Waals surface area (Å²) in [5.41, 5.74) is 0.685. The van der Waals surface area contributed by atoms with Crippen molar-refractivity contribution in [3.63, 3.8) is 0 Å². The van der Waals surface area contributed by atoms with Gasteiger partial charge in [0.15, 0.2) is 0 Å². The Labute approximate surface area is 141 Å². The maximum Gasteiger partial charge on any atom is 0.329 e. The van der Waals surface area contributed by atoms with Crippen LogP contribution in [0, 0.1) is 15.9 Å². The summed E-state index contributed by atoms with van der Waals surface area (Å²) in [5, 5.41) is 13.1. The van der Waals surface area contributed by atoms with Crippen LogP contribution < -0.4 is 5.32 Å². The fourth-order valence-electron chi connectivity index (χ4n) is 2.37. The van der Waals surface area contributed by atoms with Gasteiger partial charge in [-0.2, -0.15) is 0 Å². The number of nitro groups is 1. The summed E-state index contributed by atoms with van der Waals surface area (Å²) in [4.78, 5) is 35.3. The van der Waals surface area contributed by atoms with Gasteiger partial charge in [0.25, 0.3) is 11.6 Å². The van der Waals surface area contributed by atoms with Crippen LogP contribution in [0.15, 0.2) is 54.2 Å². The van der Waals surface area contributed by atoms with Crippen LogP contribution in [0.5, 0.6) is 0 Å². The molecule has 7 nitrogen and oxygen atoms in total. The van der Waals surface area contributed by atoms with E-state index in [4.69, 9.17) is 0 Å². The highest BCUT2D eigenvalue weighted by Crippen LogP contribution is 2.19. The number of halogens is 1. The first-order chi connectivity index (χ1) is 12.0. The number of nitro benzene ring substituents is 1. The third-order valence-electron chi connectivity index (χ3n) is 3.66. The van der Waals surface area contributed by atoms with Crippen molar-refractivity contribution in [3.05, 3.63) is 81.3 Å². The van der Waals surface area contributed by atoms with E-state index in [9.17, 15) is 24.1 Å². The van der Waals surface area contributed by atoms with Crippen molar-refractivity contribution in [1.29, 1.82) is 0 Å². The number of nitrogens with zero attached hydrogens (tertiary/aromatic N) is 2. The number of urea groups is 1. The number of imide groups is 1. The molecule has 1 heterocycles. The number of non-ortho nitro benzene ring substituents is 1. The van der Waals surface area contributed by atoms with Crippen molar-refractivity contribution in [2.75, 3.05) is 0 Å². The standard InChI is InChI=1S/C17H12FN3O4/c18-14-4-2-1-3-12(14)10-20-16(22)15(19-17(20)23)9-11-5-7-13(8-6-11)21(24)25/h1-9H,10H2,(H,19,23). The third kappa shape index (κ3) is 3.37. The van der Waals surface area contributed by atoms with Crippen LogP contribution in [0.2, 0.25) is 0 Å². The van der Waals surface area contributed by atoms with E-state index in [0.29, 0.717) is 5.56 Å². The molecule has 1 aliphatic heterocycles. The fourth-order valence-corrected chi connectivity index (χ4v) is 2.37. The van der Waals surface area contributed by atoms with Gasteiger partial charge in [-0.3, -0.25) is 19.8 Å². The van der Waals surface area contributed by atoms with Crippen LogP contribution >= 0.6 is 0 Å². The lowest BCUT2D eigenvalue weighted by atomic mass is 10.1. The summed E-state index contributed by atoms with van der Waals surface area (Å²) in [6, 6.07) is 10.7. The van der Waals surface area contributed by atoms with Gasteiger partial charge in [0.1, 0.15) is 11.5 Å². The molecule has 0 atom stereocenters. The summed E-state index contributed by atoms with van der Waals surface area (Å²) in [6.07, 6.45) is 1.41. The molecular formula is C17H12FN3O4. The molecule has 1 N–H and O–H groups in total. The van der Waals surface area contributed by atoms with Crippen molar-refractivity contribution in [2.24, 2.45) is 0 Å². The van der Waals surface area contributed by atoms with Gasteiger partial charge < -0.3 is 5.32 Å². The molecular weight excluding hydrogens is 329 g/mol. The number of carbonyl (C=O) groups is 2. The fraction of sp³-hybridized carbons (Fsp3) is 0.0588. The second-order valence-electron chi connectivity index (χ2n) is 5.32. The van der Waals surface area contributed by atoms with Gasteiger partial charge in [-0.05, 0) is 29.8 Å². The lowest BCUT2D eigenvalue weighted by molar-refractivity contribution is -0.384. The first-order valence-electron chi connectivity index (χ1n) is 7.28. The molecule has 25 heavy (non-hydrogen) atoms. The number of benzene rings is 2. The van der Waals surface area contributed by atoms with E-state index >= 15 is 0 Å². The van der Waals surface area contributed by atoms with Crippen LogP contribution in [0.1, 0.15) is 11.1 Å². The molecule has 0 bridgehead atoms. The largest absolute Gasteiger partial charge is 0.329 e. The SMILES string of the molecule is O=C1NC(=Cc2ccc([N+](=O)[O-])cc2)C(=O)N1Cc1ccccc1F. The van der Waals surface area contributed by atoms with Gasteiger partial charge in [0.05, 0.1) is 11.5 Å². The quantitative estimate of drug-likeness (QED) is 0.400. The van der Waals surface area contributed by atoms with Crippen LogP contribution in [0.3, 0.4) is 0 Å². The lowest BCUT2D eigenvalue weighted by Crippen LogP contribution is -2.30. The van der Waals surface area contributed by atoms with Crippen molar-refractivity contribution in [1.82, 2.24) is 10.2 Å². The molecule has 126 valence electrons. The zero-order valence-corrected chi connectivity index (χ0v) is 12.8. The van der Waals surface area contributed by atoms with Gasteiger partial charge in [0.2, 0.25) is 0 Å². The van der Waals surface area contributed by atoms with Crippen molar-refractivity contribution < 1.29 is 18.9 Å². The zero-order valence-electron chi connectivity index (χ0n) is 12.8. The Morgan fingerprint density at radius 3 is 2.44 bits per heavy atom. The van der Waals surface area contributed by atoms with Crippen LogP contribution in [-0.2, 0) is 11.3 Å². The smallest absolute Gasteiger partial charge is 0.303 e. The normalized spacial score (nSPS) is 15.6. The average molecular weight is 341 g/mol. The van der Waals surface area contributed by atoms with Crippen LogP contribution in [0.25, 0.3) is 6.08 Å². The van der Waals surface area contributed by atoms with E-state index in [0.717, 1.165) is 4.90 Å². The van der Waals surface area contributed by atoms with E-state index < -0.39 is 22.7 Å². The van der Waals surface area contributed by atoms with E-state index in [-0.39, 0.29) is 23.5 Å². The van der Waals surface area contributed by atoms with Gasteiger partial charge >= 0.3 is 6.03 Å². The minimum absolute atomic E-state index is 0.0233. The van der Waals surface area contributed by atoms with E-state index in [1.54, 1.807) is 6.07 Å². The Balaban J connectivity index is 1.81. The summed E-state index contributed by atoms with van der Waals surface area (Å²) in [5.74, 6) is -1.09. The van der Waals surface area contributed by atoms with Gasteiger partial charge in [-0.25, -0.2) is 9.18 Å². The molecule has 2 aromatic rings. The molecule has 0 radical (unpaired) electrons. The van der Waals surface area contributed by atoms with Gasteiger partial charge in [-0.15, -0.1) is 0 Å². The van der Waals surface area contributed by atoms with Gasteiger partial charge in [0, 0.05) is 17.7 Å². The third-order valence-corrected chi connectivity index (χ3v) is 3.66. The Hall–Kier alpha value is -3.55. The van der Waals surface area contributed by atoms with E-state index in [1.807, 2.05) is 0 Å². The summed E-state index contributed by atoms with van der Waals surface area (Å²) >= 11 is 0. The summed E-state index contributed by atoms with van der Waals surface area (Å²) in [6.45, 7) is -0.186. The lowest BCUT2D eigenvalue weighted by Gasteiger charge is -2.12. The van der Waals surface area contributed by atoms with Crippen molar-refractivity contribution in [3.8, 4) is 0 Å². The molecule has 0 unspecified atom stereocenters. The topological polar surface area (TPSA) is 92.5 Å².